The van der Waals surface area contributed by atoms with Crippen LogP contribution >= 0.6 is 0 Å². The zero-order valence-corrected chi connectivity index (χ0v) is 12.7. The van der Waals surface area contributed by atoms with Crippen molar-refractivity contribution in [1.29, 1.82) is 0 Å². The lowest BCUT2D eigenvalue weighted by molar-refractivity contribution is 0.0600. The van der Waals surface area contributed by atoms with E-state index in [-0.39, 0.29) is 16.5 Å². The summed E-state index contributed by atoms with van der Waals surface area (Å²) in [6.45, 7) is 3.43. The molecule has 2 atom stereocenters. The summed E-state index contributed by atoms with van der Waals surface area (Å²) in [5, 5.41) is 3.22. The zero-order valence-electron chi connectivity index (χ0n) is 11.9. The first-order valence-corrected chi connectivity index (χ1v) is 8.34. The second kappa shape index (κ2) is 5.08. The Morgan fingerprint density at radius 2 is 2.00 bits per heavy atom. The largest absolute Gasteiger partial charge is 0.465 e. The van der Waals surface area contributed by atoms with Crippen molar-refractivity contribution < 1.29 is 17.9 Å². The van der Waals surface area contributed by atoms with Crippen LogP contribution in [0, 0.1) is 18.8 Å². The fourth-order valence-corrected chi connectivity index (χ4v) is 4.58. The summed E-state index contributed by atoms with van der Waals surface area (Å²) < 4.78 is 32.4. The van der Waals surface area contributed by atoms with Gasteiger partial charge in [0, 0.05) is 6.04 Å². The monoisotopic (exact) mass is 310 g/mol. The van der Waals surface area contributed by atoms with Gasteiger partial charge >= 0.3 is 5.97 Å². The van der Waals surface area contributed by atoms with Gasteiger partial charge in [0.05, 0.1) is 17.6 Å². The van der Waals surface area contributed by atoms with Crippen LogP contribution in [0.2, 0.25) is 0 Å². The highest BCUT2D eigenvalue weighted by Gasteiger charge is 2.54. The lowest BCUT2D eigenvalue weighted by Crippen LogP contribution is -2.33. The molecule has 0 spiro atoms. The van der Waals surface area contributed by atoms with Gasteiger partial charge in [-0.3, -0.25) is 0 Å². The van der Waals surface area contributed by atoms with Crippen LogP contribution < -0.4 is 10.0 Å². The predicted molar refractivity (Wildman–Crippen MR) is 76.5 cm³/mol. The first-order chi connectivity index (χ1) is 9.94. The quantitative estimate of drug-likeness (QED) is 0.780. The lowest BCUT2D eigenvalue weighted by Gasteiger charge is -2.12. The van der Waals surface area contributed by atoms with Gasteiger partial charge in [-0.25, -0.2) is 17.9 Å². The number of carbonyl (C=O) groups is 1. The van der Waals surface area contributed by atoms with Crippen molar-refractivity contribution in [3.05, 3.63) is 29.3 Å². The molecule has 2 N–H and O–H groups in total. The summed E-state index contributed by atoms with van der Waals surface area (Å²) in [7, 11) is -2.35. The summed E-state index contributed by atoms with van der Waals surface area (Å²) in [4.78, 5) is 11.7. The molecule has 1 aromatic carbocycles. The van der Waals surface area contributed by atoms with Crippen molar-refractivity contribution in [2.24, 2.45) is 11.8 Å². The van der Waals surface area contributed by atoms with E-state index in [1.54, 1.807) is 19.1 Å². The van der Waals surface area contributed by atoms with Gasteiger partial charge in [-0.1, -0.05) is 6.07 Å². The first kappa shape index (κ1) is 14.5. The number of rotatable bonds is 4. The number of piperidine rings is 1. The number of ether oxygens (including phenoxy) is 1. The van der Waals surface area contributed by atoms with Crippen LogP contribution in [-0.2, 0) is 14.8 Å². The molecule has 2 unspecified atom stereocenters. The van der Waals surface area contributed by atoms with Crippen LogP contribution in [0.3, 0.4) is 0 Å². The Bertz CT molecular complexity index is 676. The maximum Gasteiger partial charge on any atom is 0.337 e. The van der Waals surface area contributed by atoms with Gasteiger partial charge < -0.3 is 10.1 Å². The third-order valence-electron chi connectivity index (χ3n) is 4.28. The minimum Gasteiger partial charge on any atom is -0.465 e. The number of hydrogen-bond donors (Lipinski definition) is 2. The molecule has 6 nitrogen and oxygen atoms in total. The van der Waals surface area contributed by atoms with Gasteiger partial charge in [-0.05, 0) is 49.5 Å². The number of esters is 1. The zero-order chi connectivity index (χ0) is 15.2. The van der Waals surface area contributed by atoms with Crippen molar-refractivity contribution in [3.8, 4) is 0 Å². The Morgan fingerprint density at radius 1 is 1.33 bits per heavy atom. The van der Waals surface area contributed by atoms with Crippen LogP contribution in [0.15, 0.2) is 23.1 Å². The number of methoxy groups -OCH3 is 1. The Kier molecular flexibility index (Phi) is 3.51. The van der Waals surface area contributed by atoms with E-state index in [0.717, 1.165) is 13.1 Å². The van der Waals surface area contributed by atoms with E-state index in [2.05, 4.69) is 14.8 Å². The molecule has 2 fully saturated rings. The molecule has 0 amide bonds. The van der Waals surface area contributed by atoms with Gasteiger partial charge in [-0.15, -0.1) is 0 Å². The highest BCUT2D eigenvalue weighted by atomic mass is 32.2. The molecule has 0 radical (unpaired) electrons. The fraction of sp³-hybridized carbons (Fsp3) is 0.500. The lowest BCUT2D eigenvalue weighted by atomic mass is 10.1. The first-order valence-electron chi connectivity index (χ1n) is 6.86. The Balaban J connectivity index is 1.86. The molecule has 1 saturated heterocycles. The molecule has 0 aromatic heterocycles. The van der Waals surface area contributed by atoms with Gasteiger partial charge in [0.1, 0.15) is 0 Å². The van der Waals surface area contributed by atoms with Crippen LogP contribution in [0.4, 0.5) is 0 Å². The van der Waals surface area contributed by atoms with Gasteiger partial charge in [0.2, 0.25) is 10.0 Å². The second-order valence-corrected chi connectivity index (χ2v) is 7.29. The number of benzene rings is 1. The molecular weight excluding hydrogens is 292 g/mol. The van der Waals surface area contributed by atoms with E-state index in [0.29, 0.717) is 17.4 Å². The van der Waals surface area contributed by atoms with Crippen molar-refractivity contribution in [1.82, 2.24) is 10.0 Å². The normalized spacial score (nSPS) is 27.2. The maximum atomic E-state index is 12.5. The SMILES string of the molecule is COC(=O)c1ccc(C)c(S(=O)(=O)NC2C3CNCC32)c1. The number of fused-ring (bicyclic) bond motifs is 1. The highest BCUT2D eigenvalue weighted by Crippen LogP contribution is 2.42. The highest BCUT2D eigenvalue weighted by molar-refractivity contribution is 7.89. The number of hydrogen-bond acceptors (Lipinski definition) is 5. The number of sulfonamides is 1. The van der Waals surface area contributed by atoms with Gasteiger partial charge in [0.25, 0.3) is 0 Å². The summed E-state index contributed by atoms with van der Waals surface area (Å²) in [5.74, 6) is 0.242. The molecule has 3 rings (SSSR count). The Labute approximate surface area is 123 Å². The van der Waals surface area contributed by atoms with Crippen molar-refractivity contribution in [2.45, 2.75) is 17.9 Å². The predicted octanol–water partition coefficient (Wildman–Crippen LogP) is 0.278. The van der Waals surface area contributed by atoms with E-state index in [4.69, 9.17) is 0 Å². The number of nitrogens with one attached hydrogen (secondary N) is 2. The van der Waals surface area contributed by atoms with Crippen molar-refractivity contribution in [2.75, 3.05) is 20.2 Å². The van der Waals surface area contributed by atoms with Crippen molar-refractivity contribution in [3.63, 3.8) is 0 Å². The molecular formula is C14H18N2O4S. The molecule has 0 bridgehead atoms. The van der Waals surface area contributed by atoms with Crippen LogP contribution in [0.1, 0.15) is 15.9 Å². The second-order valence-electron chi connectivity index (χ2n) is 5.60. The van der Waals surface area contributed by atoms with Crippen LogP contribution in [0.25, 0.3) is 0 Å². The molecule has 114 valence electrons. The van der Waals surface area contributed by atoms with E-state index >= 15 is 0 Å². The topological polar surface area (TPSA) is 84.5 Å². The average molecular weight is 310 g/mol. The molecule has 1 aliphatic carbocycles. The van der Waals surface area contributed by atoms with E-state index in [1.807, 2.05) is 0 Å². The van der Waals surface area contributed by atoms with E-state index < -0.39 is 16.0 Å². The molecule has 1 saturated carbocycles. The minimum absolute atomic E-state index is 0.0115. The molecule has 1 heterocycles. The molecule has 7 heteroatoms. The summed E-state index contributed by atoms with van der Waals surface area (Å²) in [6, 6.07) is 4.57. The molecule has 1 aromatic rings. The summed E-state index contributed by atoms with van der Waals surface area (Å²) in [5.41, 5.74) is 0.847. The van der Waals surface area contributed by atoms with Crippen molar-refractivity contribution >= 4 is 16.0 Å². The Hall–Kier alpha value is -1.44. The summed E-state index contributed by atoms with van der Waals surface area (Å²) in [6.07, 6.45) is 0. The van der Waals surface area contributed by atoms with Gasteiger partial charge in [0.15, 0.2) is 0 Å². The maximum absolute atomic E-state index is 12.5. The number of aryl methyl sites for hydroxylation is 1. The third-order valence-corrected chi connectivity index (χ3v) is 5.88. The summed E-state index contributed by atoms with van der Waals surface area (Å²) >= 11 is 0. The van der Waals surface area contributed by atoms with Gasteiger partial charge in [-0.2, -0.15) is 0 Å². The van der Waals surface area contributed by atoms with E-state index in [1.165, 1.54) is 13.2 Å². The van der Waals surface area contributed by atoms with Crippen LogP contribution in [0.5, 0.6) is 0 Å². The molecule has 1 aliphatic heterocycles. The standard InChI is InChI=1S/C14H18N2O4S/c1-8-3-4-9(14(17)20-2)5-12(8)21(18,19)16-13-10-6-15-7-11(10)13/h3-5,10-11,13,15-16H,6-7H2,1-2H3. The van der Waals surface area contributed by atoms with E-state index in [9.17, 15) is 13.2 Å². The molecule has 2 aliphatic rings. The smallest absolute Gasteiger partial charge is 0.337 e. The fourth-order valence-electron chi connectivity index (χ4n) is 2.97. The Morgan fingerprint density at radius 3 is 2.62 bits per heavy atom. The third kappa shape index (κ3) is 2.56. The molecule has 21 heavy (non-hydrogen) atoms. The minimum atomic E-state index is -3.62. The van der Waals surface area contributed by atoms with Crippen LogP contribution in [-0.4, -0.2) is 40.6 Å². The number of carbonyl (C=O) groups excluding carboxylic acids is 1. The average Bonchev–Trinajstić information content (AvgIpc) is 2.89.